The van der Waals surface area contributed by atoms with Crippen molar-refractivity contribution in [1.82, 2.24) is 0 Å². The Morgan fingerprint density at radius 1 is 1.17 bits per heavy atom. The highest BCUT2D eigenvalue weighted by atomic mass is 19.3. The average molecular weight is 323 g/mol. The van der Waals surface area contributed by atoms with Crippen LogP contribution in [-0.4, -0.2) is 17.5 Å². The standard InChI is InChI=1S/C15H11F2NO5/c16-15(17)23-13-7-2-1-6-12(13)14(19)22-9-10-4-3-5-11(8-10)18(20)21/h1-8,15H,9H2. The van der Waals surface area contributed by atoms with E-state index in [2.05, 4.69) is 4.74 Å². The molecule has 2 aromatic carbocycles. The Labute approximate surface area is 129 Å². The molecule has 0 bridgehead atoms. The third-order valence-electron chi connectivity index (χ3n) is 2.81. The summed E-state index contributed by atoms with van der Waals surface area (Å²) in [4.78, 5) is 22.1. The van der Waals surface area contributed by atoms with Crippen molar-refractivity contribution in [2.24, 2.45) is 0 Å². The molecule has 0 saturated heterocycles. The molecule has 120 valence electrons. The second-order valence-electron chi connectivity index (χ2n) is 4.38. The van der Waals surface area contributed by atoms with E-state index in [-0.39, 0.29) is 23.6 Å². The van der Waals surface area contributed by atoms with Crippen LogP contribution in [0.2, 0.25) is 0 Å². The van der Waals surface area contributed by atoms with Crippen molar-refractivity contribution in [3.63, 3.8) is 0 Å². The van der Waals surface area contributed by atoms with E-state index in [4.69, 9.17) is 4.74 Å². The van der Waals surface area contributed by atoms with Crippen LogP contribution in [0.3, 0.4) is 0 Å². The Balaban J connectivity index is 2.08. The molecule has 0 spiro atoms. The number of ether oxygens (including phenoxy) is 2. The van der Waals surface area contributed by atoms with Crippen molar-refractivity contribution < 1.29 is 28.0 Å². The van der Waals surface area contributed by atoms with Crippen LogP contribution in [0.5, 0.6) is 5.75 Å². The number of non-ortho nitro benzene ring substituents is 1. The highest BCUT2D eigenvalue weighted by Gasteiger charge is 2.17. The van der Waals surface area contributed by atoms with Gasteiger partial charge in [0.05, 0.1) is 4.92 Å². The van der Waals surface area contributed by atoms with Gasteiger partial charge in [0.1, 0.15) is 17.9 Å². The van der Waals surface area contributed by atoms with Gasteiger partial charge in [0.25, 0.3) is 5.69 Å². The molecule has 0 amide bonds. The van der Waals surface area contributed by atoms with Gasteiger partial charge in [-0.3, -0.25) is 10.1 Å². The molecule has 0 aliphatic heterocycles. The topological polar surface area (TPSA) is 78.7 Å². The van der Waals surface area contributed by atoms with E-state index in [0.29, 0.717) is 5.56 Å². The first kappa shape index (κ1) is 16.3. The van der Waals surface area contributed by atoms with Crippen LogP contribution < -0.4 is 4.74 Å². The Hall–Kier alpha value is -3.03. The summed E-state index contributed by atoms with van der Waals surface area (Å²) in [6.07, 6.45) is 0. The zero-order valence-corrected chi connectivity index (χ0v) is 11.6. The summed E-state index contributed by atoms with van der Waals surface area (Å²) in [5.74, 6) is -1.17. The zero-order chi connectivity index (χ0) is 16.8. The molecule has 0 N–H and O–H groups in total. The predicted octanol–water partition coefficient (Wildman–Crippen LogP) is 3.55. The summed E-state index contributed by atoms with van der Waals surface area (Å²) in [6, 6.07) is 11.0. The molecule has 23 heavy (non-hydrogen) atoms. The van der Waals surface area contributed by atoms with E-state index in [1.807, 2.05) is 0 Å². The zero-order valence-electron chi connectivity index (χ0n) is 11.6. The van der Waals surface area contributed by atoms with Crippen LogP contribution in [0.15, 0.2) is 48.5 Å². The first-order valence-corrected chi connectivity index (χ1v) is 6.41. The lowest BCUT2D eigenvalue weighted by Gasteiger charge is -2.10. The molecule has 8 heteroatoms. The van der Waals surface area contributed by atoms with Crippen molar-refractivity contribution in [1.29, 1.82) is 0 Å². The average Bonchev–Trinajstić information content (AvgIpc) is 2.53. The summed E-state index contributed by atoms with van der Waals surface area (Å²) < 4.78 is 33.8. The molecule has 0 radical (unpaired) electrons. The molecular weight excluding hydrogens is 312 g/mol. The number of halogens is 2. The van der Waals surface area contributed by atoms with E-state index >= 15 is 0 Å². The van der Waals surface area contributed by atoms with Gasteiger partial charge in [-0.1, -0.05) is 24.3 Å². The van der Waals surface area contributed by atoms with Crippen molar-refractivity contribution in [3.05, 3.63) is 69.8 Å². The maximum Gasteiger partial charge on any atom is 0.387 e. The van der Waals surface area contributed by atoms with E-state index < -0.39 is 17.5 Å². The second kappa shape index (κ2) is 7.30. The lowest BCUT2D eigenvalue weighted by molar-refractivity contribution is -0.384. The molecular formula is C15H11F2NO5. The number of benzene rings is 2. The molecule has 6 nitrogen and oxygen atoms in total. The number of alkyl halides is 2. The lowest BCUT2D eigenvalue weighted by atomic mass is 10.2. The number of para-hydroxylation sites is 1. The minimum absolute atomic E-state index is 0.139. The van der Waals surface area contributed by atoms with Crippen LogP contribution in [-0.2, 0) is 11.3 Å². The minimum Gasteiger partial charge on any atom is -0.457 e. The quantitative estimate of drug-likeness (QED) is 0.461. The smallest absolute Gasteiger partial charge is 0.387 e. The second-order valence-corrected chi connectivity index (χ2v) is 4.38. The Morgan fingerprint density at radius 3 is 2.61 bits per heavy atom. The number of esters is 1. The van der Waals surface area contributed by atoms with Gasteiger partial charge in [-0.05, 0) is 17.7 Å². The third-order valence-corrected chi connectivity index (χ3v) is 2.81. The first-order chi connectivity index (χ1) is 11.0. The molecule has 2 aromatic rings. The van der Waals surface area contributed by atoms with Gasteiger partial charge >= 0.3 is 12.6 Å². The van der Waals surface area contributed by atoms with Crippen molar-refractivity contribution in [2.45, 2.75) is 13.2 Å². The number of hydrogen-bond acceptors (Lipinski definition) is 5. The molecule has 0 fully saturated rings. The van der Waals surface area contributed by atoms with Gasteiger partial charge in [0, 0.05) is 12.1 Å². The highest BCUT2D eigenvalue weighted by molar-refractivity contribution is 5.92. The van der Waals surface area contributed by atoms with Crippen LogP contribution in [0.1, 0.15) is 15.9 Å². The number of nitro groups is 1. The molecule has 0 aliphatic rings. The molecule has 0 heterocycles. The first-order valence-electron chi connectivity index (χ1n) is 6.41. The monoisotopic (exact) mass is 323 g/mol. The van der Waals surface area contributed by atoms with Gasteiger partial charge < -0.3 is 9.47 Å². The van der Waals surface area contributed by atoms with Gasteiger partial charge in [-0.25, -0.2) is 4.79 Å². The fourth-order valence-corrected chi connectivity index (χ4v) is 1.82. The number of nitro benzene ring substituents is 1. The van der Waals surface area contributed by atoms with Crippen LogP contribution in [0.4, 0.5) is 14.5 Å². The molecule has 0 aromatic heterocycles. The lowest BCUT2D eigenvalue weighted by Crippen LogP contribution is -2.10. The maximum atomic E-state index is 12.3. The third kappa shape index (κ3) is 4.47. The molecule has 0 unspecified atom stereocenters. The van der Waals surface area contributed by atoms with Gasteiger partial charge in [0.2, 0.25) is 0 Å². The van der Waals surface area contributed by atoms with Crippen molar-refractivity contribution >= 4 is 11.7 Å². The van der Waals surface area contributed by atoms with Gasteiger partial charge in [-0.2, -0.15) is 8.78 Å². The summed E-state index contributed by atoms with van der Waals surface area (Å²) >= 11 is 0. The highest BCUT2D eigenvalue weighted by Crippen LogP contribution is 2.22. The molecule has 0 atom stereocenters. The van der Waals surface area contributed by atoms with E-state index in [0.717, 1.165) is 0 Å². The Bertz CT molecular complexity index is 721. The summed E-state index contributed by atoms with van der Waals surface area (Å²) in [7, 11) is 0. The minimum atomic E-state index is -3.07. The number of carbonyl (C=O) groups excluding carboxylic acids is 1. The fraction of sp³-hybridized carbons (Fsp3) is 0.133. The van der Waals surface area contributed by atoms with Crippen LogP contribution in [0.25, 0.3) is 0 Å². The normalized spacial score (nSPS) is 10.4. The van der Waals surface area contributed by atoms with Crippen molar-refractivity contribution in [3.8, 4) is 5.75 Å². The molecule has 2 rings (SSSR count). The van der Waals surface area contributed by atoms with E-state index in [1.54, 1.807) is 6.07 Å². The number of hydrogen-bond donors (Lipinski definition) is 0. The number of carbonyl (C=O) groups is 1. The Kier molecular flexibility index (Phi) is 5.19. The molecule has 0 saturated carbocycles. The summed E-state index contributed by atoms with van der Waals surface area (Å²) in [6.45, 7) is -3.30. The van der Waals surface area contributed by atoms with E-state index in [1.165, 1.54) is 42.5 Å². The number of rotatable bonds is 6. The van der Waals surface area contributed by atoms with Crippen LogP contribution >= 0.6 is 0 Å². The van der Waals surface area contributed by atoms with Gasteiger partial charge in [0.15, 0.2) is 0 Å². The van der Waals surface area contributed by atoms with Crippen LogP contribution in [0, 0.1) is 10.1 Å². The SMILES string of the molecule is O=C(OCc1cccc([N+](=O)[O-])c1)c1ccccc1OC(F)F. The maximum absolute atomic E-state index is 12.3. The fourth-order valence-electron chi connectivity index (χ4n) is 1.82. The summed E-state index contributed by atoms with van der Waals surface area (Å²) in [5.41, 5.74) is 0.109. The van der Waals surface area contributed by atoms with Crippen molar-refractivity contribution in [2.75, 3.05) is 0 Å². The largest absolute Gasteiger partial charge is 0.457 e. The number of nitrogens with zero attached hydrogens (tertiary/aromatic N) is 1. The predicted molar refractivity (Wildman–Crippen MR) is 75.3 cm³/mol. The Morgan fingerprint density at radius 2 is 1.91 bits per heavy atom. The molecule has 0 aliphatic carbocycles. The van der Waals surface area contributed by atoms with Gasteiger partial charge in [-0.15, -0.1) is 0 Å². The summed E-state index contributed by atoms with van der Waals surface area (Å²) in [5, 5.41) is 10.7. The van der Waals surface area contributed by atoms with E-state index in [9.17, 15) is 23.7 Å².